The summed E-state index contributed by atoms with van der Waals surface area (Å²) in [5.41, 5.74) is 2.32. The van der Waals surface area contributed by atoms with Gasteiger partial charge in [-0.05, 0) is 36.0 Å². The zero-order chi connectivity index (χ0) is 20.2. The molecule has 2 aromatic carbocycles. The van der Waals surface area contributed by atoms with Gasteiger partial charge in [0.2, 0.25) is 5.89 Å². The number of aromatic nitrogens is 2. The number of hydrogen-bond donors (Lipinski definition) is 1. The number of rotatable bonds is 7. The number of quaternary nitrogens is 1. The first-order valence-electron chi connectivity index (χ1n) is 9.85. The first-order chi connectivity index (χ1) is 14.2. The van der Waals surface area contributed by atoms with E-state index in [2.05, 4.69) is 23.3 Å². The summed E-state index contributed by atoms with van der Waals surface area (Å²) in [6.07, 6.45) is 2.86. The molecular weight excluding hydrogens is 386 g/mol. The molecule has 1 unspecified atom stereocenters. The maximum Gasteiger partial charge on any atom is 0.291 e. The van der Waals surface area contributed by atoms with Crippen molar-refractivity contribution in [1.82, 2.24) is 9.78 Å². The third-order valence-corrected chi connectivity index (χ3v) is 5.79. The van der Waals surface area contributed by atoms with Crippen LogP contribution in [0.3, 0.4) is 0 Å². The van der Waals surface area contributed by atoms with Crippen molar-refractivity contribution < 1.29 is 18.8 Å². The molecule has 0 saturated carbocycles. The van der Waals surface area contributed by atoms with E-state index in [1.54, 1.807) is 14.2 Å². The number of hydrogen-bond acceptors (Lipinski definition) is 5. The molecule has 3 aromatic rings. The highest BCUT2D eigenvalue weighted by molar-refractivity contribution is 7.71. The number of ether oxygens (including phenoxy) is 2. The lowest BCUT2D eigenvalue weighted by Crippen LogP contribution is -3.09. The maximum absolute atomic E-state index is 5.76. The van der Waals surface area contributed by atoms with Crippen molar-refractivity contribution in [2.45, 2.75) is 32.0 Å². The Morgan fingerprint density at radius 2 is 2.00 bits per heavy atom. The number of likely N-dealkylation sites (tertiary alicyclic amines) is 1. The number of benzene rings is 2. The highest BCUT2D eigenvalue weighted by atomic mass is 32.1. The zero-order valence-electron chi connectivity index (χ0n) is 16.8. The summed E-state index contributed by atoms with van der Waals surface area (Å²) < 4.78 is 18.6. The van der Waals surface area contributed by atoms with Crippen molar-refractivity contribution >= 4 is 12.2 Å². The molecule has 0 bridgehead atoms. The lowest BCUT2D eigenvalue weighted by Gasteiger charge is -2.23. The fraction of sp³-hybridized carbons (Fsp3) is 0.364. The van der Waals surface area contributed by atoms with E-state index in [1.165, 1.54) is 10.5 Å². The van der Waals surface area contributed by atoms with E-state index in [0.717, 1.165) is 36.4 Å². The van der Waals surface area contributed by atoms with Crippen molar-refractivity contribution in [2.75, 3.05) is 20.8 Å². The summed E-state index contributed by atoms with van der Waals surface area (Å²) in [5.74, 6) is 2.38. The third kappa shape index (κ3) is 4.36. The van der Waals surface area contributed by atoms with Crippen LogP contribution in [0.2, 0.25) is 0 Å². The summed E-state index contributed by atoms with van der Waals surface area (Å²) in [6.45, 7) is 1.72. The van der Waals surface area contributed by atoms with Gasteiger partial charge in [0.25, 0.3) is 4.84 Å². The monoisotopic (exact) mass is 412 g/mol. The minimum atomic E-state index is 0.302. The van der Waals surface area contributed by atoms with E-state index in [4.69, 9.17) is 26.1 Å². The normalized spacial score (nSPS) is 18.7. The summed E-state index contributed by atoms with van der Waals surface area (Å²) in [4.78, 5) is 1.82. The molecule has 29 heavy (non-hydrogen) atoms. The smallest absolute Gasteiger partial charge is 0.291 e. The SMILES string of the molecule is COc1ccc(OC)c([C@@H]2CCC[NH+]2Cn2nc(Cc3ccccc3)oc2=S)c1. The van der Waals surface area contributed by atoms with E-state index in [9.17, 15) is 0 Å². The summed E-state index contributed by atoms with van der Waals surface area (Å²) in [5, 5.41) is 4.64. The molecule has 2 heterocycles. The van der Waals surface area contributed by atoms with Gasteiger partial charge in [-0.25, -0.2) is 0 Å². The summed E-state index contributed by atoms with van der Waals surface area (Å²) in [6, 6.07) is 16.5. The molecule has 1 saturated heterocycles. The van der Waals surface area contributed by atoms with E-state index in [0.29, 0.717) is 29.9 Å². The van der Waals surface area contributed by atoms with E-state index in [1.807, 2.05) is 35.0 Å². The molecule has 6 nitrogen and oxygen atoms in total. The van der Waals surface area contributed by atoms with Gasteiger partial charge in [0, 0.05) is 12.8 Å². The summed E-state index contributed by atoms with van der Waals surface area (Å²) in [7, 11) is 3.40. The molecule has 0 amide bonds. The Morgan fingerprint density at radius 3 is 2.76 bits per heavy atom. The van der Waals surface area contributed by atoms with Gasteiger partial charge in [-0.1, -0.05) is 30.3 Å². The molecule has 1 aliphatic heterocycles. The van der Waals surface area contributed by atoms with Crippen molar-refractivity contribution in [3.05, 3.63) is 70.4 Å². The number of nitrogens with zero attached hydrogens (tertiary/aromatic N) is 2. The topological polar surface area (TPSA) is 53.9 Å². The molecule has 2 atom stereocenters. The fourth-order valence-electron chi connectivity index (χ4n) is 4.07. The zero-order valence-corrected chi connectivity index (χ0v) is 17.6. The fourth-order valence-corrected chi connectivity index (χ4v) is 4.27. The first-order valence-corrected chi connectivity index (χ1v) is 10.3. The molecule has 1 fully saturated rings. The standard InChI is InChI=1S/C22H25N3O3S/c1-26-17-10-11-20(27-2)18(14-17)19-9-6-12-24(19)15-25-22(29)28-21(23-25)13-16-7-4-3-5-8-16/h3-5,7-8,10-11,14,19H,6,9,12-13,15H2,1-2H3/p+1/t19-/m0/s1. The van der Waals surface area contributed by atoms with Crippen LogP contribution in [0.1, 0.15) is 35.9 Å². The maximum atomic E-state index is 5.76. The molecule has 1 N–H and O–H groups in total. The van der Waals surface area contributed by atoms with Gasteiger partial charge >= 0.3 is 0 Å². The van der Waals surface area contributed by atoms with Crippen molar-refractivity contribution in [2.24, 2.45) is 0 Å². The largest absolute Gasteiger partial charge is 0.497 e. The van der Waals surface area contributed by atoms with Crippen LogP contribution in [0.25, 0.3) is 0 Å². The van der Waals surface area contributed by atoms with Crippen LogP contribution in [-0.2, 0) is 13.1 Å². The van der Waals surface area contributed by atoms with Gasteiger partial charge in [0.15, 0.2) is 6.67 Å². The number of methoxy groups -OCH3 is 2. The predicted octanol–water partition coefficient (Wildman–Crippen LogP) is 3.19. The Labute approximate surface area is 175 Å². The van der Waals surface area contributed by atoms with Crippen LogP contribution in [0.4, 0.5) is 0 Å². The molecule has 7 heteroatoms. The molecule has 1 aromatic heterocycles. The Morgan fingerprint density at radius 1 is 1.17 bits per heavy atom. The highest BCUT2D eigenvalue weighted by Crippen LogP contribution is 2.31. The van der Waals surface area contributed by atoms with Crippen LogP contribution in [-0.4, -0.2) is 30.5 Å². The van der Waals surface area contributed by atoms with Crippen LogP contribution in [0, 0.1) is 4.84 Å². The Hall–Kier alpha value is -2.64. The van der Waals surface area contributed by atoms with Crippen LogP contribution < -0.4 is 14.4 Å². The van der Waals surface area contributed by atoms with Gasteiger partial charge in [-0.2, -0.15) is 4.68 Å². The van der Waals surface area contributed by atoms with Crippen molar-refractivity contribution in [1.29, 1.82) is 0 Å². The van der Waals surface area contributed by atoms with Gasteiger partial charge in [-0.15, -0.1) is 5.10 Å². The molecule has 0 radical (unpaired) electrons. The Balaban J connectivity index is 1.54. The second-order valence-electron chi connectivity index (χ2n) is 7.29. The van der Waals surface area contributed by atoms with Gasteiger partial charge in [0.1, 0.15) is 17.5 Å². The molecule has 1 aliphatic rings. The van der Waals surface area contributed by atoms with E-state index >= 15 is 0 Å². The van der Waals surface area contributed by atoms with E-state index < -0.39 is 0 Å². The highest BCUT2D eigenvalue weighted by Gasteiger charge is 2.33. The second-order valence-corrected chi connectivity index (χ2v) is 7.64. The average molecular weight is 413 g/mol. The van der Waals surface area contributed by atoms with Crippen LogP contribution in [0.15, 0.2) is 52.9 Å². The summed E-state index contributed by atoms with van der Waals surface area (Å²) >= 11 is 5.44. The average Bonchev–Trinajstić information content (AvgIpc) is 3.34. The van der Waals surface area contributed by atoms with E-state index in [-0.39, 0.29) is 0 Å². The third-order valence-electron chi connectivity index (χ3n) is 5.49. The van der Waals surface area contributed by atoms with Gasteiger partial charge < -0.3 is 18.8 Å². The first kappa shape index (κ1) is 19.7. The Kier molecular flexibility index (Phi) is 5.97. The van der Waals surface area contributed by atoms with Gasteiger partial charge in [-0.3, -0.25) is 0 Å². The van der Waals surface area contributed by atoms with Crippen LogP contribution in [0.5, 0.6) is 11.5 Å². The van der Waals surface area contributed by atoms with Crippen LogP contribution >= 0.6 is 12.2 Å². The minimum Gasteiger partial charge on any atom is -0.497 e. The molecule has 0 aliphatic carbocycles. The number of nitrogens with one attached hydrogen (secondary N) is 1. The quantitative estimate of drug-likeness (QED) is 0.604. The second kappa shape index (κ2) is 8.80. The lowest BCUT2D eigenvalue weighted by molar-refractivity contribution is -0.941. The van der Waals surface area contributed by atoms with Crippen molar-refractivity contribution in [3.63, 3.8) is 0 Å². The minimum absolute atomic E-state index is 0.302. The molecule has 4 rings (SSSR count). The molecule has 152 valence electrons. The van der Waals surface area contributed by atoms with Gasteiger partial charge in [0.05, 0.1) is 32.7 Å². The lowest BCUT2D eigenvalue weighted by atomic mass is 10.0. The van der Waals surface area contributed by atoms with Crippen molar-refractivity contribution in [3.8, 4) is 11.5 Å². The Bertz CT molecular complexity index is 1020. The molecule has 0 spiro atoms. The predicted molar refractivity (Wildman–Crippen MR) is 112 cm³/mol. The molecular formula is C22H26N3O3S+.